The van der Waals surface area contributed by atoms with Crippen LogP contribution in [0.25, 0.3) is 0 Å². The summed E-state index contributed by atoms with van der Waals surface area (Å²) in [7, 11) is 1.69. The Morgan fingerprint density at radius 2 is 1.55 bits per heavy atom. The van der Waals surface area contributed by atoms with Crippen LogP contribution >= 0.6 is 0 Å². The lowest BCUT2D eigenvalue weighted by atomic mass is 9.78. The van der Waals surface area contributed by atoms with E-state index in [4.69, 9.17) is 4.74 Å². The van der Waals surface area contributed by atoms with Crippen LogP contribution in [0, 0.1) is 25.7 Å². The lowest BCUT2D eigenvalue weighted by Gasteiger charge is -2.34. The van der Waals surface area contributed by atoms with Crippen LogP contribution in [0.4, 0.5) is 0 Å². The molecule has 1 rings (SSSR count). The van der Waals surface area contributed by atoms with Gasteiger partial charge >= 0.3 is 0 Å². The molecule has 0 atom stereocenters. The summed E-state index contributed by atoms with van der Waals surface area (Å²) in [6.45, 7) is 12.7. The molecule has 2 heteroatoms. The van der Waals surface area contributed by atoms with Gasteiger partial charge in [-0.3, -0.25) is 0 Å². The van der Waals surface area contributed by atoms with Gasteiger partial charge in [0, 0.05) is 5.56 Å². The highest BCUT2D eigenvalue weighted by molar-refractivity contribution is 5.48. The molecular weight excluding hydrogens is 248 g/mol. The Hall–Kier alpha value is -1.02. The number of ether oxygens (including phenoxy) is 1. The quantitative estimate of drug-likeness (QED) is 0.824. The minimum Gasteiger partial charge on any atom is -0.496 e. The standard InChI is InChI=1S/C18H30O2/c1-12(2)10-18(19,11-13(3)4)16-9-8-14(5)15(6)17(16)20-7/h8-9,12-13,19H,10-11H2,1-7H3. The van der Waals surface area contributed by atoms with Crippen LogP contribution in [0.2, 0.25) is 0 Å². The SMILES string of the molecule is COc1c(C(O)(CC(C)C)CC(C)C)ccc(C)c1C. The fourth-order valence-corrected chi connectivity index (χ4v) is 3.07. The maximum Gasteiger partial charge on any atom is 0.128 e. The Morgan fingerprint density at radius 1 is 1.05 bits per heavy atom. The topological polar surface area (TPSA) is 29.5 Å². The number of hydrogen-bond donors (Lipinski definition) is 1. The molecule has 0 aromatic heterocycles. The van der Waals surface area contributed by atoms with Gasteiger partial charge < -0.3 is 9.84 Å². The maximum absolute atomic E-state index is 11.3. The second-order valence-electron chi connectivity index (χ2n) is 6.82. The molecule has 1 aromatic carbocycles. The number of benzene rings is 1. The van der Waals surface area contributed by atoms with Gasteiger partial charge in [0.2, 0.25) is 0 Å². The minimum atomic E-state index is -0.813. The molecule has 0 saturated carbocycles. The molecule has 2 nitrogen and oxygen atoms in total. The zero-order valence-electron chi connectivity index (χ0n) is 14.1. The van der Waals surface area contributed by atoms with Gasteiger partial charge in [0.05, 0.1) is 12.7 Å². The summed E-state index contributed by atoms with van der Waals surface area (Å²) in [6.07, 6.45) is 1.51. The lowest BCUT2D eigenvalue weighted by molar-refractivity contribution is -0.00647. The normalized spacial score (nSPS) is 12.3. The Morgan fingerprint density at radius 3 is 1.95 bits per heavy atom. The monoisotopic (exact) mass is 278 g/mol. The van der Waals surface area contributed by atoms with E-state index in [1.54, 1.807) is 7.11 Å². The molecule has 0 unspecified atom stereocenters. The van der Waals surface area contributed by atoms with E-state index in [2.05, 4.69) is 47.6 Å². The molecule has 0 aliphatic carbocycles. The second kappa shape index (κ2) is 6.62. The smallest absolute Gasteiger partial charge is 0.128 e. The molecule has 0 spiro atoms. The molecule has 0 radical (unpaired) electrons. The van der Waals surface area contributed by atoms with Crippen LogP contribution in [0.15, 0.2) is 12.1 Å². The molecule has 114 valence electrons. The third kappa shape index (κ3) is 3.76. The lowest BCUT2D eigenvalue weighted by Crippen LogP contribution is -2.30. The van der Waals surface area contributed by atoms with Crippen molar-refractivity contribution in [3.63, 3.8) is 0 Å². The highest BCUT2D eigenvalue weighted by Crippen LogP contribution is 2.41. The molecule has 1 aromatic rings. The predicted octanol–water partition coefficient (Wildman–Crippen LogP) is 4.59. The molecular formula is C18H30O2. The number of methoxy groups -OCH3 is 1. The van der Waals surface area contributed by atoms with Crippen molar-refractivity contribution in [1.29, 1.82) is 0 Å². The van der Waals surface area contributed by atoms with Crippen molar-refractivity contribution in [3.05, 3.63) is 28.8 Å². The van der Waals surface area contributed by atoms with Crippen LogP contribution in [-0.4, -0.2) is 12.2 Å². The first-order valence-corrected chi connectivity index (χ1v) is 7.58. The first-order valence-electron chi connectivity index (χ1n) is 7.58. The fourth-order valence-electron chi connectivity index (χ4n) is 3.07. The highest BCUT2D eigenvalue weighted by atomic mass is 16.5. The van der Waals surface area contributed by atoms with Gasteiger partial charge in [-0.2, -0.15) is 0 Å². The average molecular weight is 278 g/mol. The molecule has 0 saturated heterocycles. The van der Waals surface area contributed by atoms with Crippen molar-refractivity contribution in [2.75, 3.05) is 7.11 Å². The summed E-state index contributed by atoms with van der Waals surface area (Å²) >= 11 is 0. The van der Waals surface area contributed by atoms with E-state index in [1.807, 2.05) is 6.07 Å². The molecule has 0 bridgehead atoms. The molecule has 0 aliphatic heterocycles. The first kappa shape index (κ1) is 17.0. The van der Waals surface area contributed by atoms with Gasteiger partial charge in [-0.05, 0) is 49.7 Å². The number of aryl methyl sites for hydroxylation is 1. The van der Waals surface area contributed by atoms with Gasteiger partial charge in [0.25, 0.3) is 0 Å². The third-order valence-corrected chi connectivity index (χ3v) is 3.87. The highest BCUT2D eigenvalue weighted by Gasteiger charge is 2.34. The first-order chi connectivity index (χ1) is 9.21. The van der Waals surface area contributed by atoms with Crippen molar-refractivity contribution in [2.45, 2.75) is 60.0 Å². The Kier molecular flexibility index (Phi) is 5.64. The van der Waals surface area contributed by atoms with E-state index in [-0.39, 0.29) is 0 Å². The van der Waals surface area contributed by atoms with Crippen LogP contribution in [0.1, 0.15) is 57.2 Å². The molecule has 20 heavy (non-hydrogen) atoms. The summed E-state index contributed by atoms with van der Waals surface area (Å²) in [5, 5.41) is 11.3. The predicted molar refractivity (Wildman–Crippen MR) is 85.3 cm³/mol. The Labute approximate surface area is 124 Å². The zero-order valence-corrected chi connectivity index (χ0v) is 14.1. The van der Waals surface area contributed by atoms with Crippen LogP contribution in [0.5, 0.6) is 5.75 Å². The summed E-state index contributed by atoms with van der Waals surface area (Å²) in [4.78, 5) is 0. The number of hydrogen-bond acceptors (Lipinski definition) is 2. The number of aliphatic hydroxyl groups is 1. The summed E-state index contributed by atoms with van der Waals surface area (Å²) in [6, 6.07) is 4.12. The Balaban J connectivity index is 3.37. The maximum atomic E-state index is 11.3. The molecule has 1 N–H and O–H groups in total. The van der Waals surface area contributed by atoms with Gasteiger partial charge in [-0.15, -0.1) is 0 Å². The van der Waals surface area contributed by atoms with E-state index in [1.165, 1.54) is 5.56 Å². The second-order valence-corrected chi connectivity index (χ2v) is 6.82. The number of rotatable bonds is 6. The minimum absolute atomic E-state index is 0.435. The van der Waals surface area contributed by atoms with Gasteiger partial charge in [0.15, 0.2) is 0 Å². The summed E-state index contributed by atoms with van der Waals surface area (Å²) < 4.78 is 5.61. The van der Waals surface area contributed by atoms with Gasteiger partial charge in [-0.25, -0.2) is 0 Å². The van der Waals surface area contributed by atoms with Crippen LogP contribution in [0.3, 0.4) is 0 Å². The van der Waals surface area contributed by atoms with Crippen molar-refractivity contribution in [2.24, 2.45) is 11.8 Å². The van der Waals surface area contributed by atoms with Gasteiger partial charge in [0.1, 0.15) is 5.75 Å². The van der Waals surface area contributed by atoms with Crippen LogP contribution < -0.4 is 4.74 Å². The molecule has 0 amide bonds. The largest absolute Gasteiger partial charge is 0.496 e. The summed E-state index contributed by atoms with van der Waals surface area (Å²) in [5.41, 5.74) is 2.44. The van der Waals surface area contributed by atoms with Crippen molar-refractivity contribution in [3.8, 4) is 5.75 Å². The molecule has 0 aliphatic rings. The van der Waals surface area contributed by atoms with Crippen LogP contribution in [-0.2, 0) is 5.60 Å². The molecule has 0 heterocycles. The fraction of sp³-hybridized carbons (Fsp3) is 0.667. The molecule has 0 fully saturated rings. The Bertz CT molecular complexity index is 437. The van der Waals surface area contributed by atoms with E-state index >= 15 is 0 Å². The summed E-state index contributed by atoms with van der Waals surface area (Å²) in [5.74, 6) is 1.71. The zero-order chi connectivity index (χ0) is 15.5. The van der Waals surface area contributed by atoms with E-state index in [9.17, 15) is 5.11 Å². The van der Waals surface area contributed by atoms with Gasteiger partial charge in [-0.1, -0.05) is 39.8 Å². The van der Waals surface area contributed by atoms with E-state index < -0.39 is 5.60 Å². The third-order valence-electron chi connectivity index (χ3n) is 3.87. The van der Waals surface area contributed by atoms with E-state index in [0.717, 1.165) is 29.7 Å². The average Bonchev–Trinajstić information content (AvgIpc) is 2.29. The van der Waals surface area contributed by atoms with Crippen molar-refractivity contribution < 1.29 is 9.84 Å². The van der Waals surface area contributed by atoms with Crippen molar-refractivity contribution in [1.82, 2.24) is 0 Å². The van der Waals surface area contributed by atoms with E-state index in [0.29, 0.717) is 11.8 Å². The van der Waals surface area contributed by atoms with Crippen molar-refractivity contribution >= 4 is 0 Å².